The van der Waals surface area contributed by atoms with Crippen LogP contribution in [-0.4, -0.2) is 30.0 Å². The van der Waals surface area contributed by atoms with Crippen LogP contribution in [0.1, 0.15) is 48.5 Å². The molecule has 0 aromatic heterocycles. The van der Waals surface area contributed by atoms with Crippen molar-refractivity contribution in [3.05, 3.63) is 23.2 Å². The summed E-state index contributed by atoms with van der Waals surface area (Å²) < 4.78 is 17.4. The first-order valence-corrected chi connectivity index (χ1v) is 8.34. The second kappa shape index (κ2) is 6.25. The molecule has 0 aliphatic carbocycles. The maximum Gasteiger partial charge on any atom is 0.496 e. The summed E-state index contributed by atoms with van der Waals surface area (Å²) in [4.78, 5) is 12.1. The first-order chi connectivity index (χ1) is 10.8. The molecular formula is C17H25BClNO4. The van der Waals surface area contributed by atoms with Crippen LogP contribution in [0.4, 0.5) is 10.5 Å². The Balaban J connectivity index is 2.28. The lowest BCUT2D eigenvalue weighted by Crippen LogP contribution is -2.41. The van der Waals surface area contributed by atoms with Gasteiger partial charge in [-0.25, -0.2) is 4.79 Å². The lowest BCUT2D eigenvalue weighted by molar-refractivity contribution is 0.00578. The van der Waals surface area contributed by atoms with Crippen molar-refractivity contribution in [3.63, 3.8) is 0 Å². The van der Waals surface area contributed by atoms with Crippen molar-refractivity contribution in [3.8, 4) is 0 Å². The largest absolute Gasteiger partial charge is 0.496 e. The summed E-state index contributed by atoms with van der Waals surface area (Å²) >= 11 is 6.08. The molecule has 1 saturated heterocycles. The molecule has 0 bridgehead atoms. The quantitative estimate of drug-likeness (QED) is 0.817. The summed E-state index contributed by atoms with van der Waals surface area (Å²) in [6, 6.07) is 5.19. The zero-order chi connectivity index (χ0) is 18.3. The molecular weight excluding hydrogens is 328 g/mol. The Morgan fingerprint density at radius 2 is 1.71 bits per heavy atom. The van der Waals surface area contributed by atoms with Gasteiger partial charge in [0.25, 0.3) is 0 Å². The van der Waals surface area contributed by atoms with Gasteiger partial charge in [-0.1, -0.05) is 17.7 Å². The van der Waals surface area contributed by atoms with Gasteiger partial charge in [0.2, 0.25) is 0 Å². The standard InChI is InChI=1S/C17H25BClNO4/c1-15(2,3)22-14(21)20-13-10-11(19)8-9-12(13)18-23-16(4,5)17(6,7)24-18/h8-10H,1-7H3,(H,20,21). The molecule has 1 aromatic carbocycles. The van der Waals surface area contributed by atoms with E-state index in [0.29, 0.717) is 16.2 Å². The van der Waals surface area contributed by atoms with Gasteiger partial charge in [-0.05, 0) is 60.6 Å². The smallest absolute Gasteiger partial charge is 0.444 e. The average molecular weight is 354 g/mol. The normalized spacial score (nSPS) is 19.2. The van der Waals surface area contributed by atoms with Crippen LogP contribution in [-0.2, 0) is 14.0 Å². The maximum absolute atomic E-state index is 12.1. The third-order valence-corrected chi connectivity index (χ3v) is 4.39. The summed E-state index contributed by atoms with van der Waals surface area (Å²) in [5, 5.41) is 3.24. The Kier molecular flexibility index (Phi) is 4.97. The van der Waals surface area contributed by atoms with Gasteiger partial charge >= 0.3 is 13.2 Å². The van der Waals surface area contributed by atoms with Crippen molar-refractivity contribution in [2.75, 3.05) is 5.32 Å². The summed E-state index contributed by atoms with van der Waals surface area (Å²) in [6.07, 6.45) is -0.553. The Morgan fingerprint density at radius 1 is 1.17 bits per heavy atom. The molecule has 2 rings (SSSR count). The molecule has 0 radical (unpaired) electrons. The maximum atomic E-state index is 12.1. The molecule has 1 heterocycles. The molecule has 1 aromatic rings. The van der Waals surface area contributed by atoms with Crippen LogP contribution in [0, 0.1) is 0 Å². The number of halogens is 1. The van der Waals surface area contributed by atoms with Gasteiger partial charge in [0.15, 0.2) is 0 Å². The number of anilines is 1. The lowest BCUT2D eigenvalue weighted by Gasteiger charge is -2.32. The zero-order valence-corrected chi connectivity index (χ0v) is 16.1. The number of amides is 1. The monoisotopic (exact) mass is 353 g/mol. The number of hydrogen-bond acceptors (Lipinski definition) is 4. The van der Waals surface area contributed by atoms with E-state index in [0.717, 1.165) is 0 Å². The van der Waals surface area contributed by atoms with Crippen molar-refractivity contribution >= 4 is 36.0 Å². The highest BCUT2D eigenvalue weighted by Crippen LogP contribution is 2.37. The average Bonchev–Trinajstić information content (AvgIpc) is 2.55. The lowest BCUT2D eigenvalue weighted by atomic mass is 9.78. The van der Waals surface area contributed by atoms with Crippen LogP contribution in [0.5, 0.6) is 0 Å². The molecule has 1 aliphatic heterocycles. The minimum atomic E-state index is -0.600. The van der Waals surface area contributed by atoms with Crippen molar-refractivity contribution in [2.45, 2.75) is 65.3 Å². The Hall–Kier alpha value is -1.24. The van der Waals surface area contributed by atoms with E-state index in [1.54, 1.807) is 39.0 Å². The van der Waals surface area contributed by atoms with Gasteiger partial charge in [-0.3, -0.25) is 5.32 Å². The van der Waals surface area contributed by atoms with Crippen molar-refractivity contribution in [2.24, 2.45) is 0 Å². The number of hydrogen-bond donors (Lipinski definition) is 1. The van der Waals surface area contributed by atoms with Gasteiger partial charge in [0.05, 0.1) is 11.2 Å². The summed E-state index contributed by atoms with van der Waals surface area (Å²) in [5.41, 5.74) is -0.326. The van der Waals surface area contributed by atoms with Gasteiger partial charge in [0, 0.05) is 16.2 Å². The van der Waals surface area contributed by atoms with Crippen LogP contribution in [0.15, 0.2) is 18.2 Å². The fourth-order valence-corrected chi connectivity index (χ4v) is 2.40. The molecule has 24 heavy (non-hydrogen) atoms. The van der Waals surface area contributed by atoms with Gasteiger partial charge in [-0.15, -0.1) is 0 Å². The third kappa shape index (κ3) is 4.24. The summed E-state index contributed by atoms with van der Waals surface area (Å²) in [5.74, 6) is 0. The number of carbonyl (C=O) groups is 1. The minimum absolute atomic E-state index is 0.472. The molecule has 0 spiro atoms. The molecule has 0 atom stereocenters. The molecule has 0 saturated carbocycles. The van der Waals surface area contributed by atoms with Crippen LogP contribution < -0.4 is 10.8 Å². The van der Waals surface area contributed by atoms with Crippen LogP contribution in [0.2, 0.25) is 5.02 Å². The minimum Gasteiger partial charge on any atom is -0.444 e. The second-order valence-corrected chi connectivity index (χ2v) is 8.38. The first-order valence-electron chi connectivity index (χ1n) is 7.96. The Bertz CT molecular complexity index is 624. The first kappa shape index (κ1) is 19.1. The number of ether oxygens (including phenoxy) is 1. The van der Waals surface area contributed by atoms with E-state index < -0.39 is 30.0 Å². The highest BCUT2D eigenvalue weighted by molar-refractivity contribution is 6.64. The highest BCUT2D eigenvalue weighted by Gasteiger charge is 2.52. The van der Waals surface area contributed by atoms with Crippen molar-refractivity contribution in [1.29, 1.82) is 0 Å². The molecule has 1 aliphatic rings. The SMILES string of the molecule is CC(C)(C)OC(=O)Nc1cc(Cl)ccc1B1OC(C)(C)C(C)(C)O1. The molecule has 1 N–H and O–H groups in total. The number of benzene rings is 1. The molecule has 5 nitrogen and oxygen atoms in total. The van der Waals surface area contributed by atoms with E-state index >= 15 is 0 Å². The summed E-state index contributed by atoms with van der Waals surface area (Å²) in [7, 11) is -0.600. The van der Waals surface area contributed by atoms with E-state index in [-0.39, 0.29) is 0 Å². The molecule has 1 fully saturated rings. The number of nitrogens with one attached hydrogen (secondary N) is 1. The number of carbonyl (C=O) groups excluding carboxylic acids is 1. The Morgan fingerprint density at radius 3 is 2.21 bits per heavy atom. The van der Waals surface area contributed by atoms with E-state index in [9.17, 15) is 4.79 Å². The molecule has 0 unspecified atom stereocenters. The Labute approximate surface area is 149 Å². The predicted molar refractivity (Wildman–Crippen MR) is 97.0 cm³/mol. The zero-order valence-electron chi connectivity index (χ0n) is 15.3. The predicted octanol–water partition coefficient (Wildman–Crippen LogP) is 3.99. The fraction of sp³-hybridized carbons (Fsp3) is 0.588. The van der Waals surface area contributed by atoms with E-state index in [4.69, 9.17) is 25.6 Å². The summed E-state index contributed by atoms with van der Waals surface area (Å²) in [6.45, 7) is 13.3. The van der Waals surface area contributed by atoms with E-state index in [1.165, 1.54) is 0 Å². The van der Waals surface area contributed by atoms with E-state index in [2.05, 4.69) is 5.32 Å². The van der Waals surface area contributed by atoms with Crippen LogP contribution >= 0.6 is 11.6 Å². The van der Waals surface area contributed by atoms with Gasteiger partial charge < -0.3 is 14.0 Å². The second-order valence-electron chi connectivity index (χ2n) is 7.95. The van der Waals surface area contributed by atoms with Gasteiger partial charge in [0.1, 0.15) is 5.60 Å². The molecule has 132 valence electrons. The van der Waals surface area contributed by atoms with E-state index in [1.807, 2.05) is 27.7 Å². The highest BCUT2D eigenvalue weighted by atomic mass is 35.5. The fourth-order valence-electron chi connectivity index (χ4n) is 2.23. The van der Waals surface area contributed by atoms with Crippen molar-refractivity contribution in [1.82, 2.24) is 0 Å². The van der Waals surface area contributed by atoms with Gasteiger partial charge in [-0.2, -0.15) is 0 Å². The molecule has 7 heteroatoms. The van der Waals surface area contributed by atoms with Crippen LogP contribution in [0.25, 0.3) is 0 Å². The number of rotatable bonds is 2. The van der Waals surface area contributed by atoms with Crippen LogP contribution in [0.3, 0.4) is 0 Å². The van der Waals surface area contributed by atoms with Crippen molar-refractivity contribution < 1.29 is 18.8 Å². The topological polar surface area (TPSA) is 56.8 Å². The molecule has 1 amide bonds. The third-order valence-electron chi connectivity index (χ3n) is 4.16.